The van der Waals surface area contributed by atoms with Gasteiger partial charge < -0.3 is 21.1 Å². The second-order valence-corrected chi connectivity index (χ2v) is 6.74. The fourth-order valence-electron chi connectivity index (χ4n) is 2.58. The van der Waals surface area contributed by atoms with Crippen molar-refractivity contribution >= 4 is 29.4 Å². The number of halogens is 1. The van der Waals surface area contributed by atoms with E-state index in [1.165, 1.54) is 30.3 Å². The second-order valence-electron chi connectivity index (χ2n) is 6.74. The van der Waals surface area contributed by atoms with E-state index in [1.54, 1.807) is 26.0 Å². The van der Waals surface area contributed by atoms with E-state index in [-0.39, 0.29) is 22.7 Å². The Morgan fingerprint density at radius 1 is 1.00 bits per heavy atom. The highest BCUT2D eigenvalue weighted by Gasteiger charge is 2.27. The molecule has 0 aliphatic carbocycles. The molecule has 0 saturated carbocycles. The van der Waals surface area contributed by atoms with Crippen molar-refractivity contribution in [2.75, 3.05) is 11.9 Å². The average Bonchev–Trinajstić information content (AvgIpc) is 2.70. The minimum absolute atomic E-state index is 0.106. The topological polar surface area (TPSA) is 128 Å². The van der Waals surface area contributed by atoms with Crippen LogP contribution in [0.25, 0.3) is 0 Å². The Balaban J connectivity index is 1.99. The number of anilines is 1. The monoisotopic (exact) mass is 415 g/mol. The lowest BCUT2D eigenvalue weighted by Gasteiger charge is -2.21. The highest BCUT2D eigenvalue weighted by molar-refractivity contribution is 6.03. The van der Waals surface area contributed by atoms with E-state index in [0.29, 0.717) is 0 Å². The molecule has 0 bridgehead atoms. The largest absolute Gasteiger partial charge is 0.454 e. The minimum Gasteiger partial charge on any atom is -0.454 e. The van der Waals surface area contributed by atoms with Crippen molar-refractivity contribution in [2.24, 2.45) is 11.7 Å². The van der Waals surface area contributed by atoms with Crippen molar-refractivity contribution in [2.45, 2.75) is 19.9 Å². The third-order valence-corrected chi connectivity index (χ3v) is 4.14. The molecule has 158 valence electrons. The molecule has 0 spiro atoms. The third-order valence-electron chi connectivity index (χ3n) is 4.14. The first-order valence-electron chi connectivity index (χ1n) is 9.11. The summed E-state index contributed by atoms with van der Waals surface area (Å²) in [7, 11) is 0. The van der Waals surface area contributed by atoms with Crippen molar-refractivity contribution in [1.29, 1.82) is 0 Å². The van der Waals surface area contributed by atoms with E-state index in [1.807, 2.05) is 0 Å². The Hall–Kier alpha value is -3.75. The Morgan fingerprint density at radius 3 is 2.20 bits per heavy atom. The first-order chi connectivity index (χ1) is 14.2. The summed E-state index contributed by atoms with van der Waals surface area (Å²) in [6.07, 6.45) is 0. The van der Waals surface area contributed by atoms with Gasteiger partial charge in [-0.25, -0.2) is 9.18 Å². The molecule has 0 aliphatic rings. The molecule has 0 aliphatic heterocycles. The van der Waals surface area contributed by atoms with Gasteiger partial charge in [0, 0.05) is 0 Å². The molecule has 2 aromatic rings. The molecule has 0 radical (unpaired) electrons. The normalized spacial score (nSPS) is 11.5. The van der Waals surface area contributed by atoms with Gasteiger partial charge in [0.2, 0.25) is 0 Å². The quantitative estimate of drug-likeness (QED) is 0.567. The van der Waals surface area contributed by atoms with Gasteiger partial charge in [-0.15, -0.1) is 0 Å². The number of hydrogen-bond acceptors (Lipinski definition) is 5. The number of para-hydroxylation sites is 1. The minimum atomic E-state index is -1.09. The van der Waals surface area contributed by atoms with Gasteiger partial charge in [-0.05, 0) is 30.2 Å². The van der Waals surface area contributed by atoms with Crippen molar-refractivity contribution in [3.8, 4) is 0 Å². The fraction of sp³-hybridized carbons (Fsp3) is 0.238. The fourth-order valence-corrected chi connectivity index (χ4v) is 2.58. The zero-order chi connectivity index (χ0) is 22.3. The number of carbonyl (C=O) groups is 4. The number of esters is 1. The lowest BCUT2D eigenvalue weighted by molar-refractivity contribution is -0.150. The predicted octanol–water partition coefficient (Wildman–Crippen LogP) is 1.86. The molecule has 2 aromatic carbocycles. The van der Waals surface area contributed by atoms with Gasteiger partial charge in [-0.1, -0.05) is 38.1 Å². The van der Waals surface area contributed by atoms with Gasteiger partial charge >= 0.3 is 5.97 Å². The Kier molecular flexibility index (Phi) is 7.62. The summed E-state index contributed by atoms with van der Waals surface area (Å²) in [6.45, 7) is 2.68. The SMILES string of the molecule is CC(C)[C@H](NC(=O)c1ccccc1F)C(=O)OCC(=O)Nc1ccccc1C(N)=O. The molecule has 2 rings (SSSR count). The summed E-state index contributed by atoms with van der Waals surface area (Å²) in [4.78, 5) is 48.2. The molecule has 0 saturated heterocycles. The van der Waals surface area contributed by atoms with E-state index in [4.69, 9.17) is 10.5 Å². The van der Waals surface area contributed by atoms with Gasteiger partial charge in [0.1, 0.15) is 11.9 Å². The maximum atomic E-state index is 13.8. The summed E-state index contributed by atoms with van der Waals surface area (Å²) >= 11 is 0. The van der Waals surface area contributed by atoms with Gasteiger partial charge in [-0.2, -0.15) is 0 Å². The van der Waals surface area contributed by atoms with Crippen molar-refractivity contribution in [3.05, 3.63) is 65.5 Å². The highest BCUT2D eigenvalue weighted by atomic mass is 19.1. The summed E-state index contributed by atoms with van der Waals surface area (Å²) < 4.78 is 18.8. The Labute approximate surface area is 172 Å². The molecular formula is C21H22FN3O5. The standard InChI is InChI=1S/C21H22FN3O5/c1-12(2)18(25-20(28)13-7-3-5-9-15(13)22)21(29)30-11-17(26)24-16-10-6-4-8-14(16)19(23)27/h3-10,12,18H,11H2,1-2H3,(H2,23,27)(H,24,26)(H,25,28)/t18-/m0/s1. The highest BCUT2D eigenvalue weighted by Crippen LogP contribution is 2.14. The number of hydrogen-bond donors (Lipinski definition) is 3. The van der Waals surface area contributed by atoms with Gasteiger partial charge in [-0.3, -0.25) is 14.4 Å². The molecule has 3 amide bonds. The van der Waals surface area contributed by atoms with Crippen LogP contribution in [-0.4, -0.2) is 36.3 Å². The maximum Gasteiger partial charge on any atom is 0.329 e. The summed E-state index contributed by atoms with van der Waals surface area (Å²) in [6, 6.07) is 10.4. The van der Waals surface area contributed by atoms with E-state index in [9.17, 15) is 23.6 Å². The second kappa shape index (κ2) is 10.1. The van der Waals surface area contributed by atoms with Crippen LogP contribution in [0.3, 0.4) is 0 Å². The molecule has 0 heterocycles. The Bertz CT molecular complexity index is 961. The lowest BCUT2D eigenvalue weighted by atomic mass is 10.0. The van der Waals surface area contributed by atoms with Gasteiger partial charge in [0.05, 0.1) is 16.8 Å². The zero-order valence-corrected chi connectivity index (χ0v) is 16.5. The summed E-state index contributed by atoms with van der Waals surface area (Å²) in [5, 5.41) is 4.86. The van der Waals surface area contributed by atoms with E-state index >= 15 is 0 Å². The average molecular weight is 415 g/mol. The number of ether oxygens (including phenoxy) is 1. The van der Waals surface area contributed by atoms with Crippen LogP contribution in [0.15, 0.2) is 48.5 Å². The molecule has 4 N–H and O–H groups in total. The molecule has 0 fully saturated rings. The van der Waals surface area contributed by atoms with Crippen LogP contribution in [0.4, 0.5) is 10.1 Å². The zero-order valence-electron chi connectivity index (χ0n) is 16.5. The van der Waals surface area contributed by atoms with Crippen molar-refractivity contribution in [1.82, 2.24) is 5.32 Å². The third kappa shape index (κ3) is 5.87. The van der Waals surface area contributed by atoms with Crippen LogP contribution in [-0.2, 0) is 14.3 Å². The molecule has 1 atom stereocenters. The Morgan fingerprint density at radius 2 is 1.60 bits per heavy atom. The summed E-state index contributed by atoms with van der Waals surface area (Å²) in [5.41, 5.74) is 5.32. The van der Waals surface area contributed by atoms with E-state index < -0.39 is 42.2 Å². The first kappa shape index (κ1) is 22.5. The lowest BCUT2D eigenvalue weighted by Crippen LogP contribution is -2.46. The van der Waals surface area contributed by atoms with Crippen LogP contribution in [0.5, 0.6) is 0 Å². The number of primary amides is 1. The number of amides is 3. The molecule has 0 aromatic heterocycles. The number of nitrogens with two attached hydrogens (primary N) is 1. The van der Waals surface area contributed by atoms with E-state index in [2.05, 4.69) is 10.6 Å². The molecular weight excluding hydrogens is 393 g/mol. The first-order valence-corrected chi connectivity index (χ1v) is 9.11. The van der Waals surface area contributed by atoms with Gasteiger partial charge in [0.15, 0.2) is 6.61 Å². The van der Waals surface area contributed by atoms with E-state index in [0.717, 1.165) is 6.07 Å². The molecule has 9 heteroatoms. The number of rotatable bonds is 8. The van der Waals surface area contributed by atoms with Crippen LogP contribution in [0.2, 0.25) is 0 Å². The number of nitrogens with one attached hydrogen (secondary N) is 2. The van der Waals surface area contributed by atoms with Gasteiger partial charge in [0.25, 0.3) is 17.7 Å². The number of carbonyl (C=O) groups excluding carboxylic acids is 4. The summed E-state index contributed by atoms with van der Waals surface area (Å²) in [5.74, 6) is -4.15. The van der Waals surface area contributed by atoms with Crippen LogP contribution < -0.4 is 16.4 Å². The molecule has 8 nitrogen and oxygen atoms in total. The van der Waals surface area contributed by atoms with Crippen LogP contribution in [0, 0.1) is 11.7 Å². The van der Waals surface area contributed by atoms with Crippen molar-refractivity contribution in [3.63, 3.8) is 0 Å². The molecule has 0 unspecified atom stereocenters. The molecule has 30 heavy (non-hydrogen) atoms. The maximum absolute atomic E-state index is 13.8. The number of benzene rings is 2. The van der Waals surface area contributed by atoms with Crippen LogP contribution in [0.1, 0.15) is 34.6 Å². The predicted molar refractivity (Wildman–Crippen MR) is 107 cm³/mol. The van der Waals surface area contributed by atoms with Crippen LogP contribution >= 0.6 is 0 Å². The smallest absolute Gasteiger partial charge is 0.329 e. The van der Waals surface area contributed by atoms with Crippen molar-refractivity contribution < 1.29 is 28.3 Å².